The third-order valence-corrected chi connectivity index (χ3v) is 3.68. The highest BCUT2D eigenvalue weighted by molar-refractivity contribution is 5.88. The van der Waals surface area contributed by atoms with Gasteiger partial charge in [0.25, 0.3) is 0 Å². The molecular formula is C17H21NO2. The van der Waals surface area contributed by atoms with Crippen molar-refractivity contribution >= 4 is 10.8 Å². The van der Waals surface area contributed by atoms with Gasteiger partial charge in [0.05, 0.1) is 6.10 Å². The molecule has 0 radical (unpaired) electrons. The van der Waals surface area contributed by atoms with Crippen LogP contribution in [0.2, 0.25) is 0 Å². The van der Waals surface area contributed by atoms with E-state index in [0.717, 1.165) is 25.4 Å². The van der Waals surface area contributed by atoms with Crippen LogP contribution in [0.4, 0.5) is 0 Å². The van der Waals surface area contributed by atoms with Crippen LogP contribution >= 0.6 is 0 Å². The van der Waals surface area contributed by atoms with Crippen LogP contribution in [0.25, 0.3) is 10.8 Å². The highest BCUT2D eigenvalue weighted by Crippen LogP contribution is 2.24. The third-order valence-electron chi connectivity index (χ3n) is 3.68. The van der Waals surface area contributed by atoms with Gasteiger partial charge >= 0.3 is 0 Å². The lowest BCUT2D eigenvalue weighted by atomic mass is 10.1. The number of hydrogen-bond donors (Lipinski definition) is 1. The molecule has 0 bridgehead atoms. The van der Waals surface area contributed by atoms with Gasteiger partial charge in [-0.3, -0.25) is 0 Å². The first-order valence-corrected chi connectivity index (χ1v) is 7.36. The number of hydrogen-bond acceptors (Lipinski definition) is 3. The molecule has 1 aliphatic rings. The SMILES string of the molecule is c1ccc2c(OCCNCC3CCCO3)cccc2c1. The molecule has 2 aromatic carbocycles. The quantitative estimate of drug-likeness (QED) is 0.819. The second kappa shape index (κ2) is 6.73. The topological polar surface area (TPSA) is 30.5 Å². The maximum Gasteiger partial charge on any atom is 0.127 e. The minimum Gasteiger partial charge on any atom is -0.492 e. The Morgan fingerprint density at radius 3 is 2.95 bits per heavy atom. The Labute approximate surface area is 119 Å². The lowest BCUT2D eigenvalue weighted by Gasteiger charge is -2.12. The monoisotopic (exact) mass is 271 g/mol. The van der Waals surface area contributed by atoms with Gasteiger partial charge in [-0.05, 0) is 24.3 Å². The summed E-state index contributed by atoms with van der Waals surface area (Å²) in [7, 11) is 0. The van der Waals surface area contributed by atoms with Crippen LogP contribution in [-0.2, 0) is 4.74 Å². The van der Waals surface area contributed by atoms with E-state index in [2.05, 4.69) is 29.6 Å². The van der Waals surface area contributed by atoms with Crippen LogP contribution in [0.5, 0.6) is 5.75 Å². The van der Waals surface area contributed by atoms with Crippen molar-refractivity contribution in [2.45, 2.75) is 18.9 Å². The standard InChI is InChI=1S/C17H21NO2/c1-2-8-16-14(5-1)6-3-9-17(16)20-12-10-18-13-15-7-4-11-19-15/h1-3,5-6,8-9,15,18H,4,7,10-13H2. The highest BCUT2D eigenvalue weighted by Gasteiger charge is 2.14. The Morgan fingerprint density at radius 1 is 1.15 bits per heavy atom. The van der Waals surface area contributed by atoms with Crippen LogP contribution in [0.15, 0.2) is 42.5 Å². The zero-order valence-corrected chi connectivity index (χ0v) is 11.7. The molecule has 0 aliphatic carbocycles. The summed E-state index contributed by atoms with van der Waals surface area (Å²) in [6.07, 6.45) is 2.77. The Bertz CT molecular complexity index is 544. The molecule has 0 amide bonds. The number of benzene rings is 2. The molecule has 20 heavy (non-hydrogen) atoms. The predicted octanol–water partition coefficient (Wildman–Crippen LogP) is 2.99. The summed E-state index contributed by atoms with van der Waals surface area (Å²) in [5.41, 5.74) is 0. The molecule has 1 unspecified atom stereocenters. The maximum atomic E-state index is 5.88. The van der Waals surface area contributed by atoms with Crippen molar-refractivity contribution < 1.29 is 9.47 Å². The molecule has 3 rings (SSSR count). The molecule has 1 aliphatic heterocycles. The molecule has 1 N–H and O–H groups in total. The van der Waals surface area contributed by atoms with Crippen LogP contribution < -0.4 is 10.1 Å². The summed E-state index contributed by atoms with van der Waals surface area (Å²) in [6.45, 7) is 3.38. The number of rotatable bonds is 6. The van der Waals surface area contributed by atoms with Crippen molar-refractivity contribution in [2.75, 3.05) is 26.3 Å². The van der Waals surface area contributed by atoms with Gasteiger partial charge in [0, 0.05) is 25.1 Å². The van der Waals surface area contributed by atoms with Crippen molar-refractivity contribution in [2.24, 2.45) is 0 Å². The second-order valence-corrected chi connectivity index (χ2v) is 5.16. The van der Waals surface area contributed by atoms with Gasteiger partial charge in [-0.1, -0.05) is 36.4 Å². The van der Waals surface area contributed by atoms with E-state index < -0.39 is 0 Å². The van der Waals surface area contributed by atoms with E-state index in [-0.39, 0.29) is 0 Å². The van der Waals surface area contributed by atoms with Crippen LogP contribution in [0.1, 0.15) is 12.8 Å². The molecule has 1 atom stereocenters. The Morgan fingerprint density at radius 2 is 2.05 bits per heavy atom. The van der Waals surface area contributed by atoms with Crippen molar-refractivity contribution in [1.29, 1.82) is 0 Å². The average Bonchev–Trinajstić information content (AvgIpc) is 3.00. The minimum absolute atomic E-state index is 0.396. The van der Waals surface area contributed by atoms with E-state index in [1.807, 2.05) is 18.2 Å². The molecule has 0 spiro atoms. The molecule has 0 aromatic heterocycles. The lowest BCUT2D eigenvalue weighted by molar-refractivity contribution is 0.109. The molecule has 1 fully saturated rings. The first-order chi connectivity index (χ1) is 9.93. The fourth-order valence-corrected chi connectivity index (χ4v) is 2.62. The normalized spacial score (nSPS) is 18.5. The Balaban J connectivity index is 1.47. The lowest BCUT2D eigenvalue weighted by Crippen LogP contribution is -2.29. The molecular weight excluding hydrogens is 250 g/mol. The van der Waals surface area contributed by atoms with Gasteiger partial charge in [0.2, 0.25) is 0 Å². The molecule has 1 saturated heterocycles. The summed E-state index contributed by atoms with van der Waals surface area (Å²) >= 11 is 0. The maximum absolute atomic E-state index is 5.88. The minimum atomic E-state index is 0.396. The average molecular weight is 271 g/mol. The fourth-order valence-electron chi connectivity index (χ4n) is 2.62. The number of nitrogens with one attached hydrogen (secondary N) is 1. The van der Waals surface area contributed by atoms with Crippen LogP contribution in [-0.4, -0.2) is 32.4 Å². The Hall–Kier alpha value is -1.58. The van der Waals surface area contributed by atoms with Crippen molar-refractivity contribution in [3.8, 4) is 5.75 Å². The van der Waals surface area contributed by atoms with E-state index in [0.29, 0.717) is 12.7 Å². The molecule has 3 nitrogen and oxygen atoms in total. The predicted molar refractivity (Wildman–Crippen MR) is 81.3 cm³/mol. The molecule has 1 heterocycles. The largest absolute Gasteiger partial charge is 0.492 e. The number of ether oxygens (including phenoxy) is 2. The summed E-state index contributed by atoms with van der Waals surface area (Å²) in [4.78, 5) is 0. The summed E-state index contributed by atoms with van der Waals surface area (Å²) in [5.74, 6) is 0.960. The van der Waals surface area contributed by atoms with Gasteiger partial charge in [-0.15, -0.1) is 0 Å². The first kappa shape index (κ1) is 13.4. The third kappa shape index (κ3) is 3.30. The second-order valence-electron chi connectivity index (χ2n) is 5.16. The van der Waals surface area contributed by atoms with E-state index in [1.165, 1.54) is 23.6 Å². The summed E-state index contributed by atoms with van der Waals surface area (Å²) in [5, 5.41) is 5.79. The van der Waals surface area contributed by atoms with Gasteiger partial charge in [-0.2, -0.15) is 0 Å². The zero-order chi connectivity index (χ0) is 13.6. The van der Waals surface area contributed by atoms with E-state index in [4.69, 9.17) is 9.47 Å². The molecule has 3 heteroatoms. The van der Waals surface area contributed by atoms with Crippen molar-refractivity contribution in [3.05, 3.63) is 42.5 Å². The van der Waals surface area contributed by atoms with Crippen LogP contribution in [0.3, 0.4) is 0 Å². The van der Waals surface area contributed by atoms with Gasteiger partial charge in [0.15, 0.2) is 0 Å². The van der Waals surface area contributed by atoms with E-state index >= 15 is 0 Å². The van der Waals surface area contributed by atoms with Gasteiger partial charge < -0.3 is 14.8 Å². The smallest absolute Gasteiger partial charge is 0.127 e. The van der Waals surface area contributed by atoms with Crippen molar-refractivity contribution in [3.63, 3.8) is 0 Å². The van der Waals surface area contributed by atoms with Crippen LogP contribution in [0, 0.1) is 0 Å². The molecule has 0 saturated carbocycles. The van der Waals surface area contributed by atoms with E-state index in [9.17, 15) is 0 Å². The first-order valence-electron chi connectivity index (χ1n) is 7.36. The Kier molecular flexibility index (Phi) is 4.51. The summed E-state index contributed by atoms with van der Waals surface area (Å²) in [6, 6.07) is 14.5. The summed E-state index contributed by atoms with van der Waals surface area (Å²) < 4.78 is 11.5. The van der Waals surface area contributed by atoms with Crippen molar-refractivity contribution in [1.82, 2.24) is 5.32 Å². The fraction of sp³-hybridized carbons (Fsp3) is 0.412. The van der Waals surface area contributed by atoms with E-state index in [1.54, 1.807) is 0 Å². The van der Waals surface area contributed by atoms with Gasteiger partial charge in [-0.25, -0.2) is 0 Å². The highest BCUT2D eigenvalue weighted by atomic mass is 16.5. The zero-order valence-electron chi connectivity index (χ0n) is 11.7. The molecule has 106 valence electrons. The number of fused-ring (bicyclic) bond motifs is 1. The molecule has 2 aromatic rings. The van der Waals surface area contributed by atoms with Gasteiger partial charge in [0.1, 0.15) is 12.4 Å².